The van der Waals surface area contributed by atoms with Gasteiger partial charge in [0.25, 0.3) is 0 Å². The van der Waals surface area contributed by atoms with Gasteiger partial charge in [-0.15, -0.1) is 0 Å². The summed E-state index contributed by atoms with van der Waals surface area (Å²) in [6.45, 7) is 0.780. The molecule has 1 unspecified atom stereocenters. The van der Waals surface area contributed by atoms with E-state index < -0.39 is 5.54 Å². The summed E-state index contributed by atoms with van der Waals surface area (Å²) in [4.78, 5) is 13.8. The molecule has 0 saturated carbocycles. The highest BCUT2D eigenvalue weighted by molar-refractivity contribution is 5.65. The van der Waals surface area contributed by atoms with E-state index in [0.29, 0.717) is 0 Å². The molecule has 2 heteroatoms. The molecule has 24 heavy (non-hydrogen) atoms. The van der Waals surface area contributed by atoms with Crippen LogP contribution in [0.25, 0.3) is 0 Å². The predicted octanol–water partition coefficient (Wildman–Crippen LogP) is 3.86. The van der Waals surface area contributed by atoms with Crippen molar-refractivity contribution in [3.63, 3.8) is 0 Å². The maximum absolute atomic E-state index is 11.5. The summed E-state index contributed by atoms with van der Waals surface area (Å²) in [6, 6.07) is 31.4. The molecule has 0 aromatic heterocycles. The lowest BCUT2D eigenvalue weighted by Gasteiger charge is -2.38. The zero-order chi connectivity index (χ0) is 16.4. The Labute approximate surface area is 142 Å². The number of nitrogens with zero attached hydrogens (tertiary/aromatic N) is 1. The first-order valence-electron chi connectivity index (χ1n) is 8.26. The van der Waals surface area contributed by atoms with Gasteiger partial charge in [0, 0.05) is 6.54 Å². The first-order valence-corrected chi connectivity index (χ1v) is 8.26. The van der Waals surface area contributed by atoms with Crippen LogP contribution in [0, 0.1) is 0 Å². The van der Waals surface area contributed by atoms with Crippen LogP contribution in [0.5, 0.6) is 0 Å². The van der Waals surface area contributed by atoms with Gasteiger partial charge < -0.3 is 4.79 Å². The molecule has 4 rings (SSSR count). The van der Waals surface area contributed by atoms with Crippen LogP contribution in [0.3, 0.4) is 0 Å². The van der Waals surface area contributed by atoms with E-state index >= 15 is 0 Å². The van der Waals surface area contributed by atoms with Gasteiger partial charge in [0.1, 0.15) is 6.29 Å². The molecule has 0 bridgehead atoms. The van der Waals surface area contributed by atoms with Gasteiger partial charge in [-0.05, 0) is 16.7 Å². The third-order valence-electron chi connectivity index (χ3n) is 4.81. The first-order chi connectivity index (χ1) is 11.9. The molecule has 0 aliphatic carbocycles. The Morgan fingerprint density at radius 1 is 0.708 bits per heavy atom. The van der Waals surface area contributed by atoms with Gasteiger partial charge in [0.05, 0.1) is 11.6 Å². The molecular weight excluding hydrogens is 294 g/mol. The highest BCUT2D eigenvalue weighted by atomic mass is 16.1. The Morgan fingerprint density at radius 2 is 1.08 bits per heavy atom. The van der Waals surface area contributed by atoms with Gasteiger partial charge >= 0.3 is 0 Å². The summed E-state index contributed by atoms with van der Waals surface area (Å²) in [5.41, 5.74) is 3.13. The minimum Gasteiger partial charge on any atom is -0.302 e. The number of hydrogen-bond acceptors (Lipinski definition) is 2. The number of rotatable bonds is 5. The first kappa shape index (κ1) is 14.9. The zero-order valence-electron chi connectivity index (χ0n) is 13.4. The van der Waals surface area contributed by atoms with Crippen molar-refractivity contribution >= 4 is 6.29 Å². The van der Waals surface area contributed by atoms with Crippen molar-refractivity contribution in [2.45, 2.75) is 11.6 Å². The fourth-order valence-electron chi connectivity index (χ4n) is 3.69. The largest absolute Gasteiger partial charge is 0.302 e. The number of aldehydes is 1. The van der Waals surface area contributed by atoms with Crippen molar-refractivity contribution in [1.29, 1.82) is 0 Å². The molecule has 0 spiro atoms. The second-order valence-corrected chi connectivity index (χ2v) is 6.16. The second kappa shape index (κ2) is 6.06. The predicted molar refractivity (Wildman–Crippen MR) is 95.8 cm³/mol. The Hall–Kier alpha value is -2.71. The summed E-state index contributed by atoms with van der Waals surface area (Å²) in [5, 5.41) is 0. The molecule has 0 radical (unpaired) electrons. The van der Waals surface area contributed by atoms with Gasteiger partial charge in [0.2, 0.25) is 0 Å². The number of benzene rings is 3. The smallest absolute Gasteiger partial charge is 0.138 e. The lowest BCUT2D eigenvalue weighted by molar-refractivity contribution is -0.108. The fourth-order valence-corrected chi connectivity index (χ4v) is 3.69. The van der Waals surface area contributed by atoms with Gasteiger partial charge in [-0.2, -0.15) is 0 Å². The van der Waals surface area contributed by atoms with Crippen LogP contribution in [0.1, 0.15) is 16.7 Å². The standard InChI is InChI=1S/C22H19NO/c24-17-21-16-23(21)22(18-10-4-1-5-11-18,19-12-6-2-7-13-19)20-14-8-3-9-15-20/h1-15,17,21H,16H2/t21-,23?/m1/s1. The summed E-state index contributed by atoms with van der Waals surface area (Å²) in [6.07, 6.45) is 1.06. The van der Waals surface area contributed by atoms with Crippen molar-refractivity contribution in [2.24, 2.45) is 0 Å². The lowest BCUT2D eigenvalue weighted by atomic mass is 9.76. The van der Waals surface area contributed by atoms with Crippen molar-refractivity contribution in [3.05, 3.63) is 108 Å². The van der Waals surface area contributed by atoms with Crippen LogP contribution in [-0.4, -0.2) is 23.8 Å². The topological polar surface area (TPSA) is 20.1 Å². The van der Waals surface area contributed by atoms with Crippen molar-refractivity contribution < 1.29 is 4.79 Å². The summed E-state index contributed by atoms with van der Waals surface area (Å²) in [5.74, 6) is 0. The highest BCUT2D eigenvalue weighted by Gasteiger charge is 2.52. The number of hydrogen-bond donors (Lipinski definition) is 0. The van der Waals surface area contributed by atoms with E-state index in [1.807, 2.05) is 18.2 Å². The van der Waals surface area contributed by atoms with E-state index in [0.717, 1.165) is 12.8 Å². The van der Waals surface area contributed by atoms with Gasteiger partial charge in [-0.25, -0.2) is 0 Å². The molecule has 1 saturated heterocycles. The SMILES string of the molecule is O=C[C@H]1CN1C(c1ccccc1)(c1ccccc1)c1ccccc1. The lowest BCUT2D eigenvalue weighted by Crippen LogP contribution is -2.39. The Balaban J connectivity index is 2.02. The molecule has 0 amide bonds. The van der Waals surface area contributed by atoms with Crippen LogP contribution in [0.4, 0.5) is 0 Å². The Kier molecular flexibility index (Phi) is 3.75. The third-order valence-corrected chi connectivity index (χ3v) is 4.81. The van der Waals surface area contributed by atoms with E-state index in [1.54, 1.807) is 0 Å². The molecule has 1 aliphatic rings. The zero-order valence-corrected chi connectivity index (χ0v) is 13.4. The summed E-state index contributed by atoms with van der Waals surface area (Å²) >= 11 is 0. The van der Waals surface area contributed by atoms with Crippen LogP contribution < -0.4 is 0 Å². The average Bonchev–Trinajstić information content (AvgIpc) is 3.45. The van der Waals surface area contributed by atoms with E-state index in [1.165, 1.54) is 16.7 Å². The van der Waals surface area contributed by atoms with E-state index in [4.69, 9.17) is 0 Å². The molecule has 118 valence electrons. The molecule has 3 aromatic rings. The summed E-state index contributed by atoms with van der Waals surface area (Å²) in [7, 11) is 0. The minimum atomic E-state index is -0.435. The highest BCUT2D eigenvalue weighted by Crippen LogP contribution is 2.47. The summed E-state index contributed by atoms with van der Waals surface area (Å²) < 4.78 is 0. The van der Waals surface area contributed by atoms with Gasteiger partial charge in [0.15, 0.2) is 0 Å². The normalized spacial score (nSPS) is 19.7. The van der Waals surface area contributed by atoms with Gasteiger partial charge in [-0.1, -0.05) is 91.0 Å². The Bertz CT molecular complexity index is 718. The van der Waals surface area contributed by atoms with E-state index in [9.17, 15) is 4.79 Å². The van der Waals surface area contributed by atoms with Crippen LogP contribution in [0.2, 0.25) is 0 Å². The average molecular weight is 313 g/mol. The van der Waals surface area contributed by atoms with Crippen molar-refractivity contribution in [2.75, 3.05) is 6.54 Å². The Morgan fingerprint density at radius 3 is 1.38 bits per heavy atom. The quantitative estimate of drug-likeness (QED) is 0.405. The van der Waals surface area contributed by atoms with Crippen molar-refractivity contribution in [1.82, 2.24) is 4.90 Å². The van der Waals surface area contributed by atoms with E-state index in [2.05, 4.69) is 77.7 Å². The van der Waals surface area contributed by atoms with Crippen LogP contribution in [-0.2, 0) is 10.3 Å². The minimum absolute atomic E-state index is 0.0365. The monoisotopic (exact) mass is 313 g/mol. The number of carbonyl (C=O) groups is 1. The van der Waals surface area contributed by atoms with Crippen LogP contribution in [0.15, 0.2) is 91.0 Å². The molecule has 2 nitrogen and oxygen atoms in total. The molecular formula is C22H19NO. The molecule has 2 atom stereocenters. The maximum atomic E-state index is 11.5. The molecule has 1 aliphatic heterocycles. The third kappa shape index (κ3) is 2.27. The van der Waals surface area contributed by atoms with Crippen molar-refractivity contribution in [3.8, 4) is 0 Å². The fraction of sp³-hybridized carbons (Fsp3) is 0.136. The van der Waals surface area contributed by atoms with Crippen LogP contribution >= 0.6 is 0 Å². The second-order valence-electron chi connectivity index (χ2n) is 6.16. The molecule has 1 fully saturated rings. The molecule has 1 heterocycles. The number of carbonyl (C=O) groups excluding carboxylic acids is 1. The molecule has 3 aromatic carbocycles. The van der Waals surface area contributed by atoms with Gasteiger partial charge in [-0.3, -0.25) is 4.90 Å². The van der Waals surface area contributed by atoms with E-state index in [-0.39, 0.29) is 6.04 Å². The molecule has 0 N–H and O–H groups in total. The maximum Gasteiger partial charge on any atom is 0.138 e.